The maximum Gasteiger partial charge on any atom is 0.128 e. The van der Waals surface area contributed by atoms with E-state index in [-0.39, 0.29) is 0 Å². The van der Waals surface area contributed by atoms with Crippen LogP contribution < -0.4 is 5.36 Å². The number of phenolic OH excluding ortho intramolecular Hbond substituents is 1. The maximum absolute atomic E-state index is 10.3. The molecule has 1 aliphatic rings. The van der Waals surface area contributed by atoms with Gasteiger partial charge in [-0.1, -0.05) is 18.2 Å². The normalized spacial score (nSPS) is 13.2. The highest BCUT2D eigenvalue weighted by Crippen LogP contribution is 2.35. The zero-order valence-electron chi connectivity index (χ0n) is 9.81. The molecule has 3 aromatic rings. The van der Waals surface area contributed by atoms with Crippen LogP contribution in [0.1, 0.15) is 5.56 Å². The number of phenols is 1. The van der Waals surface area contributed by atoms with Gasteiger partial charge in [0.05, 0.1) is 11.1 Å². The number of aromatic hydroxyl groups is 1. The molecule has 0 spiro atoms. The van der Waals surface area contributed by atoms with Crippen molar-refractivity contribution in [3.05, 3.63) is 41.3 Å². The van der Waals surface area contributed by atoms with E-state index in [9.17, 15) is 5.11 Å². The molecule has 18 heavy (non-hydrogen) atoms. The van der Waals surface area contributed by atoms with Gasteiger partial charge >= 0.3 is 0 Å². The van der Waals surface area contributed by atoms with E-state index in [0.29, 0.717) is 5.75 Å². The fraction of sp³-hybridized carbons (Fsp3) is 0.0667. The molecular weight excluding hydrogens is 224 g/mol. The summed E-state index contributed by atoms with van der Waals surface area (Å²) in [5.41, 5.74) is 1.70. The largest absolute Gasteiger partial charge is 0.507 e. The molecule has 0 saturated carbocycles. The van der Waals surface area contributed by atoms with E-state index in [4.69, 9.17) is 0 Å². The van der Waals surface area contributed by atoms with E-state index >= 15 is 0 Å². The summed E-state index contributed by atoms with van der Waals surface area (Å²) in [5, 5.41) is 15.2. The third-order valence-corrected chi connectivity index (χ3v) is 3.52. The van der Waals surface area contributed by atoms with Crippen molar-refractivity contribution in [2.24, 2.45) is 9.98 Å². The van der Waals surface area contributed by atoms with Crippen LogP contribution in [-0.4, -0.2) is 11.4 Å². The highest BCUT2D eigenvalue weighted by atomic mass is 16.3. The first-order chi connectivity index (χ1) is 8.75. The highest BCUT2D eigenvalue weighted by molar-refractivity contribution is 6.14. The molecule has 3 aromatic carbocycles. The molecule has 3 nitrogen and oxygen atoms in total. The van der Waals surface area contributed by atoms with Crippen molar-refractivity contribution < 1.29 is 5.11 Å². The van der Waals surface area contributed by atoms with Crippen molar-refractivity contribution in [2.45, 2.75) is 6.92 Å². The Morgan fingerprint density at radius 2 is 1.83 bits per heavy atom. The number of benzene rings is 3. The number of fused-ring (bicyclic) bond motifs is 2. The molecule has 86 valence electrons. The molecule has 1 aliphatic heterocycles. The van der Waals surface area contributed by atoms with Crippen LogP contribution in [0.25, 0.3) is 21.5 Å². The van der Waals surface area contributed by atoms with Gasteiger partial charge in [-0.05, 0) is 35.4 Å². The van der Waals surface area contributed by atoms with E-state index < -0.39 is 0 Å². The maximum atomic E-state index is 10.3. The topological polar surface area (TPSA) is 45.0 Å². The summed E-state index contributed by atoms with van der Waals surface area (Å²) >= 11 is 0. The van der Waals surface area contributed by atoms with Crippen LogP contribution in [0, 0.1) is 6.92 Å². The van der Waals surface area contributed by atoms with E-state index in [1.807, 2.05) is 31.2 Å². The quantitative estimate of drug-likeness (QED) is 0.638. The number of nitrogens with zero attached hydrogens (tertiary/aromatic N) is 2. The van der Waals surface area contributed by atoms with Gasteiger partial charge in [0.1, 0.15) is 17.4 Å². The van der Waals surface area contributed by atoms with E-state index in [1.165, 1.54) is 0 Å². The lowest BCUT2D eigenvalue weighted by molar-refractivity contribution is 0.477. The van der Waals surface area contributed by atoms with Gasteiger partial charge in [0.2, 0.25) is 0 Å². The highest BCUT2D eigenvalue weighted by Gasteiger charge is 2.15. The zero-order chi connectivity index (χ0) is 12.3. The summed E-state index contributed by atoms with van der Waals surface area (Å²) in [6.07, 6.45) is 1.54. The molecule has 0 bridgehead atoms. The predicted molar refractivity (Wildman–Crippen MR) is 72.8 cm³/mol. The van der Waals surface area contributed by atoms with Crippen LogP contribution >= 0.6 is 0 Å². The van der Waals surface area contributed by atoms with E-state index in [1.54, 1.807) is 6.34 Å². The minimum Gasteiger partial charge on any atom is -0.507 e. The first kappa shape index (κ1) is 9.59. The van der Waals surface area contributed by atoms with Gasteiger partial charge in [0.15, 0.2) is 0 Å². The number of hydrogen-bond acceptors (Lipinski definition) is 3. The van der Waals surface area contributed by atoms with Crippen LogP contribution in [0.4, 0.5) is 5.69 Å². The smallest absolute Gasteiger partial charge is 0.128 e. The molecule has 0 radical (unpaired) electrons. The second kappa shape index (κ2) is 3.07. The summed E-state index contributed by atoms with van der Waals surface area (Å²) in [6.45, 7) is 1.91. The minimum absolute atomic E-state index is 0.310. The van der Waals surface area contributed by atoms with Crippen LogP contribution in [-0.2, 0) is 0 Å². The summed E-state index contributed by atoms with van der Waals surface area (Å²) in [6, 6.07) is 10.2. The van der Waals surface area contributed by atoms with Crippen LogP contribution in [0.15, 0.2) is 40.3 Å². The Labute approximate surface area is 103 Å². The Morgan fingerprint density at radius 1 is 1.06 bits per heavy atom. The van der Waals surface area contributed by atoms with E-state index in [0.717, 1.165) is 38.2 Å². The lowest BCUT2D eigenvalue weighted by Crippen LogP contribution is -2.02. The van der Waals surface area contributed by atoms with Crippen molar-refractivity contribution in [1.29, 1.82) is 0 Å². The summed E-state index contributed by atoms with van der Waals surface area (Å²) in [4.78, 5) is 8.52. The SMILES string of the molecule is Cc1cc2cccc3cc4c(c(c1O)c23)=NC=N4. The first-order valence-electron chi connectivity index (χ1n) is 5.84. The van der Waals surface area contributed by atoms with Gasteiger partial charge in [-0.3, -0.25) is 0 Å². The molecule has 0 unspecified atom stereocenters. The van der Waals surface area contributed by atoms with E-state index in [2.05, 4.69) is 16.1 Å². The molecule has 3 heteroatoms. The van der Waals surface area contributed by atoms with Crippen LogP contribution in [0.3, 0.4) is 0 Å². The van der Waals surface area contributed by atoms with Gasteiger partial charge < -0.3 is 5.11 Å². The van der Waals surface area contributed by atoms with Gasteiger partial charge in [0, 0.05) is 5.39 Å². The third kappa shape index (κ3) is 1.03. The average Bonchev–Trinajstić information content (AvgIpc) is 2.82. The molecule has 0 atom stereocenters. The van der Waals surface area contributed by atoms with Crippen LogP contribution in [0.2, 0.25) is 0 Å². The average molecular weight is 234 g/mol. The second-order valence-electron chi connectivity index (χ2n) is 4.61. The third-order valence-electron chi connectivity index (χ3n) is 3.52. The molecule has 1 N–H and O–H groups in total. The Balaban J connectivity index is 2.45. The Kier molecular flexibility index (Phi) is 1.64. The molecule has 0 amide bonds. The molecule has 0 saturated heterocycles. The zero-order valence-corrected chi connectivity index (χ0v) is 9.81. The van der Waals surface area contributed by atoms with Crippen molar-refractivity contribution in [3.8, 4) is 5.75 Å². The summed E-state index contributed by atoms with van der Waals surface area (Å²) < 4.78 is 0. The molecule has 4 rings (SSSR count). The van der Waals surface area contributed by atoms with Crippen molar-refractivity contribution in [1.82, 2.24) is 0 Å². The number of rotatable bonds is 0. The lowest BCUT2D eigenvalue weighted by Gasteiger charge is -2.10. The fourth-order valence-corrected chi connectivity index (χ4v) is 2.69. The Morgan fingerprint density at radius 3 is 2.67 bits per heavy atom. The van der Waals surface area contributed by atoms with Gasteiger partial charge in [0.25, 0.3) is 0 Å². The molecule has 0 aliphatic carbocycles. The summed E-state index contributed by atoms with van der Waals surface area (Å²) in [5.74, 6) is 0.310. The van der Waals surface area contributed by atoms with Crippen molar-refractivity contribution in [2.75, 3.05) is 0 Å². The molecular formula is C15H10N2O. The fourth-order valence-electron chi connectivity index (χ4n) is 2.69. The molecule has 0 fully saturated rings. The molecule has 0 aromatic heterocycles. The van der Waals surface area contributed by atoms with Gasteiger partial charge in [-0.2, -0.15) is 0 Å². The number of aryl methyl sites for hydroxylation is 1. The Hall–Kier alpha value is -2.42. The predicted octanol–water partition coefficient (Wildman–Crippen LogP) is 3.02. The monoisotopic (exact) mass is 234 g/mol. The second-order valence-corrected chi connectivity index (χ2v) is 4.61. The van der Waals surface area contributed by atoms with Gasteiger partial charge in [-0.15, -0.1) is 0 Å². The first-order valence-corrected chi connectivity index (χ1v) is 5.84. The van der Waals surface area contributed by atoms with Gasteiger partial charge in [-0.25, -0.2) is 9.98 Å². The van der Waals surface area contributed by atoms with Crippen molar-refractivity contribution in [3.63, 3.8) is 0 Å². The minimum atomic E-state index is 0.310. The van der Waals surface area contributed by atoms with Crippen LogP contribution in [0.5, 0.6) is 5.75 Å². The Bertz CT molecular complexity index is 894. The standard InChI is InChI=1S/C15H10N2O/c1-8-5-9-3-2-4-10-6-11-14(17-7-16-11)13(12(9)10)15(8)18/h2-7,18H,1H3. The molecule has 1 heterocycles. The van der Waals surface area contributed by atoms with Crippen molar-refractivity contribution >= 4 is 33.6 Å². The number of aliphatic imine (C=N–C) groups is 1. The summed E-state index contributed by atoms with van der Waals surface area (Å²) in [7, 11) is 0. The lowest BCUT2D eigenvalue weighted by atomic mass is 9.96. The number of hydrogen-bond donors (Lipinski definition) is 1.